The molecular formula is C19H13N3O2. The Morgan fingerprint density at radius 3 is 2.46 bits per heavy atom. The smallest absolute Gasteiger partial charge is 0.278 e. The molecule has 1 aromatic heterocycles. The molecular weight excluding hydrogens is 302 g/mol. The fourth-order valence-electron chi connectivity index (χ4n) is 2.82. The summed E-state index contributed by atoms with van der Waals surface area (Å²) in [6.45, 7) is -0.134. The molecule has 0 saturated heterocycles. The Labute approximate surface area is 137 Å². The van der Waals surface area contributed by atoms with Crippen LogP contribution >= 0.6 is 0 Å². The van der Waals surface area contributed by atoms with E-state index in [0.29, 0.717) is 16.5 Å². The summed E-state index contributed by atoms with van der Waals surface area (Å²) < 4.78 is 1.12. The fourth-order valence-corrected chi connectivity index (χ4v) is 2.82. The highest BCUT2D eigenvalue weighted by Gasteiger charge is 2.13. The number of ketones is 1. The molecule has 3 aromatic carbocycles. The van der Waals surface area contributed by atoms with E-state index < -0.39 is 0 Å². The molecule has 0 spiro atoms. The lowest BCUT2D eigenvalue weighted by Gasteiger charge is -2.07. The van der Waals surface area contributed by atoms with Crippen LogP contribution in [-0.4, -0.2) is 20.8 Å². The number of Topliss-reactive ketones (excluding diaryl/α,β-unsaturated/α-hetero) is 1. The van der Waals surface area contributed by atoms with Gasteiger partial charge in [0, 0.05) is 5.56 Å². The van der Waals surface area contributed by atoms with Crippen LogP contribution in [0, 0.1) is 0 Å². The highest BCUT2D eigenvalue weighted by atomic mass is 16.1. The number of fused-ring (bicyclic) bond motifs is 2. The Morgan fingerprint density at radius 2 is 1.58 bits per heavy atom. The van der Waals surface area contributed by atoms with E-state index in [1.54, 1.807) is 30.3 Å². The molecule has 24 heavy (non-hydrogen) atoms. The van der Waals surface area contributed by atoms with Gasteiger partial charge in [-0.15, -0.1) is 5.10 Å². The van der Waals surface area contributed by atoms with E-state index in [0.717, 1.165) is 15.5 Å². The van der Waals surface area contributed by atoms with E-state index in [4.69, 9.17) is 0 Å². The second kappa shape index (κ2) is 5.70. The zero-order valence-corrected chi connectivity index (χ0v) is 12.7. The highest BCUT2D eigenvalue weighted by molar-refractivity contribution is 6.08. The lowest BCUT2D eigenvalue weighted by Crippen LogP contribution is -2.27. The van der Waals surface area contributed by atoms with E-state index in [9.17, 15) is 9.59 Å². The number of carbonyl (C=O) groups excluding carboxylic acids is 1. The zero-order chi connectivity index (χ0) is 16.5. The number of nitrogens with zero attached hydrogens (tertiary/aromatic N) is 3. The molecule has 0 N–H and O–H groups in total. The van der Waals surface area contributed by atoms with Crippen LogP contribution in [0.2, 0.25) is 0 Å². The van der Waals surface area contributed by atoms with Gasteiger partial charge in [0.1, 0.15) is 12.1 Å². The van der Waals surface area contributed by atoms with Crippen molar-refractivity contribution in [2.75, 3.05) is 0 Å². The summed E-state index contributed by atoms with van der Waals surface area (Å²) in [6.07, 6.45) is 0. The van der Waals surface area contributed by atoms with Gasteiger partial charge in [0.25, 0.3) is 5.56 Å². The number of rotatable bonds is 3. The molecule has 0 bridgehead atoms. The molecule has 5 nitrogen and oxygen atoms in total. The van der Waals surface area contributed by atoms with Crippen LogP contribution in [0.15, 0.2) is 71.5 Å². The standard InChI is InChI=1S/C19H13N3O2/c23-18(15-10-5-7-13-6-1-2-8-14(13)15)12-22-19(24)16-9-3-4-11-17(16)20-21-22/h1-11H,12H2. The summed E-state index contributed by atoms with van der Waals surface area (Å²) in [4.78, 5) is 25.2. The Kier molecular flexibility index (Phi) is 3.39. The van der Waals surface area contributed by atoms with E-state index in [2.05, 4.69) is 10.3 Å². The lowest BCUT2D eigenvalue weighted by molar-refractivity contribution is 0.0966. The molecule has 1 heterocycles. The minimum atomic E-state index is -0.311. The molecule has 0 radical (unpaired) electrons. The summed E-state index contributed by atoms with van der Waals surface area (Å²) in [5.41, 5.74) is 0.792. The maximum absolute atomic E-state index is 12.7. The van der Waals surface area contributed by atoms with Crippen molar-refractivity contribution in [1.82, 2.24) is 15.0 Å². The molecule has 0 saturated carbocycles. The highest BCUT2D eigenvalue weighted by Crippen LogP contribution is 2.19. The van der Waals surface area contributed by atoms with Gasteiger partial charge >= 0.3 is 0 Å². The monoisotopic (exact) mass is 315 g/mol. The number of carbonyl (C=O) groups is 1. The molecule has 0 fully saturated rings. The van der Waals surface area contributed by atoms with Gasteiger partial charge in [0.2, 0.25) is 0 Å². The zero-order valence-electron chi connectivity index (χ0n) is 12.7. The Morgan fingerprint density at radius 1 is 0.875 bits per heavy atom. The Balaban J connectivity index is 1.77. The number of hydrogen-bond acceptors (Lipinski definition) is 4. The molecule has 0 aliphatic rings. The van der Waals surface area contributed by atoms with E-state index >= 15 is 0 Å². The summed E-state index contributed by atoms with van der Waals surface area (Å²) in [7, 11) is 0. The van der Waals surface area contributed by atoms with E-state index in [1.165, 1.54) is 0 Å². The Hall–Kier alpha value is -3.34. The third-order valence-electron chi connectivity index (χ3n) is 4.01. The first-order valence-corrected chi connectivity index (χ1v) is 7.57. The van der Waals surface area contributed by atoms with Crippen LogP contribution in [-0.2, 0) is 6.54 Å². The van der Waals surface area contributed by atoms with Crippen molar-refractivity contribution in [1.29, 1.82) is 0 Å². The van der Waals surface area contributed by atoms with Crippen LogP contribution < -0.4 is 5.56 Å². The summed E-state index contributed by atoms with van der Waals surface area (Å²) in [5.74, 6) is -0.168. The maximum Gasteiger partial charge on any atom is 0.278 e. The quantitative estimate of drug-likeness (QED) is 0.545. The molecule has 4 rings (SSSR count). The lowest BCUT2D eigenvalue weighted by atomic mass is 10.0. The van der Waals surface area contributed by atoms with Crippen molar-refractivity contribution >= 4 is 27.5 Å². The average Bonchev–Trinajstić information content (AvgIpc) is 2.63. The predicted octanol–water partition coefficient (Wildman–Crippen LogP) is 2.83. The largest absolute Gasteiger partial charge is 0.292 e. The van der Waals surface area contributed by atoms with Crippen molar-refractivity contribution in [2.45, 2.75) is 6.54 Å². The van der Waals surface area contributed by atoms with Gasteiger partial charge in [-0.05, 0) is 22.9 Å². The molecule has 0 atom stereocenters. The summed E-state index contributed by atoms with van der Waals surface area (Å²) in [6, 6.07) is 20.2. The van der Waals surface area contributed by atoms with Crippen molar-refractivity contribution in [3.8, 4) is 0 Å². The van der Waals surface area contributed by atoms with Crippen molar-refractivity contribution in [2.24, 2.45) is 0 Å². The second-order valence-electron chi connectivity index (χ2n) is 5.52. The number of hydrogen-bond donors (Lipinski definition) is 0. The van der Waals surface area contributed by atoms with E-state index in [-0.39, 0.29) is 17.9 Å². The summed E-state index contributed by atoms with van der Waals surface area (Å²) >= 11 is 0. The van der Waals surface area contributed by atoms with Gasteiger partial charge in [-0.25, -0.2) is 4.68 Å². The topological polar surface area (TPSA) is 64.8 Å². The molecule has 0 aliphatic carbocycles. The van der Waals surface area contributed by atoms with Crippen LogP contribution in [0.1, 0.15) is 10.4 Å². The first kappa shape index (κ1) is 14.3. The van der Waals surface area contributed by atoms with Crippen molar-refractivity contribution in [3.05, 3.63) is 82.6 Å². The van der Waals surface area contributed by atoms with Gasteiger partial charge in [-0.2, -0.15) is 0 Å². The molecule has 4 aromatic rings. The maximum atomic E-state index is 12.7. The van der Waals surface area contributed by atoms with Gasteiger partial charge in [-0.3, -0.25) is 9.59 Å². The normalized spacial score (nSPS) is 11.0. The van der Waals surface area contributed by atoms with Gasteiger partial charge < -0.3 is 0 Å². The number of benzene rings is 3. The second-order valence-corrected chi connectivity index (χ2v) is 5.52. The first-order chi connectivity index (χ1) is 11.7. The predicted molar refractivity (Wildman–Crippen MR) is 92.1 cm³/mol. The van der Waals surface area contributed by atoms with Crippen molar-refractivity contribution < 1.29 is 4.79 Å². The van der Waals surface area contributed by atoms with Gasteiger partial charge in [0.05, 0.1) is 5.39 Å². The van der Waals surface area contributed by atoms with Crippen LogP contribution in [0.5, 0.6) is 0 Å². The number of aromatic nitrogens is 3. The SMILES string of the molecule is O=C(Cn1nnc2ccccc2c1=O)c1cccc2ccccc12. The minimum Gasteiger partial charge on any atom is -0.292 e. The van der Waals surface area contributed by atoms with Gasteiger partial charge in [0.15, 0.2) is 5.78 Å². The fraction of sp³-hybridized carbons (Fsp3) is 0.0526. The van der Waals surface area contributed by atoms with Crippen LogP contribution in [0.4, 0.5) is 0 Å². The summed E-state index contributed by atoms with van der Waals surface area (Å²) in [5, 5.41) is 10.2. The minimum absolute atomic E-state index is 0.134. The molecule has 0 unspecified atom stereocenters. The first-order valence-electron chi connectivity index (χ1n) is 7.57. The third kappa shape index (κ3) is 2.36. The third-order valence-corrected chi connectivity index (χ3v) is 4.01. The molecule has 5 heteroatoms. The van der Waals surface area contributed by atoms with Gasteiger partial charge in [-0.1, -0.05) is 59.8 Å². The van der Waals surface area contributed by atoms with E-state index in [1.807, 2.05) is 36.4 Å². The van der Waals surface area contributed by atoms with Crippen LogP contribution in [0.25, 0.3) is 21.7 Å². The Bertz CT molecular complexity index is 1130. The van der Waals surface area contributed by atoms with Crippen LogP contribution in [0.3, 0.4) is 0 Å². The molecule has 116 valence electrons. The van der Waals surface area contributed by atoms with Crippen molar-refractivity contribution in [3.63, 3.8) is 0 Å². The molecule has 0 aliphatic heterocycles. The average molecular weight is 315 g/mol. The molecule has 0 amide bonds.